The zero-order chi connectivity index (χ0) is 12.1. The fourth-order valence-electron chi connectivity index (χ4n) is 2.42. The third-order valence-corrected chi connectivity index (χ3v) is 3.55. The van der Waals surface area contributed by atoms with Crippen molar-refractivity contribution >= 4 is 0 Å². The minimum Gasteiger partial charge on any atom is -0.378 e. The average molecular weight is 234 g/mol. The Kier molecular flexibility index (Phi) is 4.51. The second kappa shape index (κ2) is 6.12. The summed E-state index contributed by atoms with van der Waals surface area (Å²) in [6.45, 7) is 3.01. The minimum absolute atomic E-state index is 0.0919. The first-order chi connectivity index (χ1) is 8.27. The van der Waals surface area contributed by atoms with Crippen molar-refractivity contribution in [2.75, 3.05) is 6.61 Å². The van der Waals surface area contributed by atoms with Gasteiger partial charge in [-0.25, -0.2) is 0 Å². The van der Waals surface area contributed by atoms with Gasteiger partial charge in [0.25, 0.3) is 0 Å². The molecule has 0 spiro atoms. The van der Waals surface area contributed by atoms with Crippen molar-refractivity contribution in [3.63, 3.8) is 0 Å². The van der Waals surface area contributed by atoms with Crippen molar-refractivity contribution in [2.24, 2.45) is 5.73 Å². The molecule has 0 aromatic carbocycles. The third-order valence-electron chi connectivity index (χ3n) is 3.55. The first-order valence-corrected chi connectivity index (χ1v) is 6.55. The molecule has 1 aromatic rings. The Balaban J connectivity index is 1.84. The highest BCUT2D eigenvalue weighted by molar-refractivity contribution is 5.24. The summed E-state index contributed by atoms with van der Waals surface area (Å²) in [6, 6.07) is 2.11. The monoisotopic (exact) mass is 234 g/mol. The second-order valence-electron chi connectivity index (χ2n) is 4.90. The maximum absolute atomic E-state index is 6.22. The van der Waals surface area contributed by atoms with Crippen molar-refractivity contribution in [1.29, 1.82) is 0 Å². The summed E-state index contributed by atoms with van der Waals surface area (Å²) in [5.41, 5.74) is 8.62. The van der Waals surface area contributed by atoms with Crippen molar-refractivity contribution < 1.29 is 4.74 Å². The van der Waals surface area contributed by atoms with Gasteiger partial charge in [0.2, 0.25) is 0 Å². The molecule has 0 bridgehead atoms. The zero-order valence-corrected chi connectivity index (χ0v) is 10.6. The van der Waals surface area contributed by atoms with Gasteiger partial charge in [-0.15, -0.1) is 0 Å². The Morgan fingerprint density at radius 2 is 2.41 bits per heavy atom. The summed E-state index contributed by atoms with van der Waals surface area (Å²) in [5.74, 6) is 0. The zero-order valence-electron chi connectivity index (χ0n) is 10.6. The quantitative estimate of drug-likeness (QED) is 0.871. The van der Waals surface area contributed by atoms with Crippen LogP contribution in [0.4, 0.5) is 0 Å². The van der Waals surface area contributed by atoms with Crippen LogP contribution in [-0.4, -0.2) is 17.7 Å². The molecule has 0 amide bonds. The topological polar surface area (TPSA) is 48.1 Å². The number of nitrogens with zero attached hydrogens (tertiary/aromatic N) is 1. The lowest BCUT2D eigenvalue weighted by Crippen LogP contribution is -2.21. The van der Waals surface area contributed by atoms with Crippen molar-refractivity contribution in [3.05, 3.63) is 29.6 Å². The maximum atomic E-state index is 6.22. The van der Waals surface area contributed by atoms with E-state index in [1.54, 1.807) is 0 Å². The number of hydrogen-bond acceptors (Lipinski definition) is 3. The number of aryl methyl sites for hydroxylation is 1. The molecule has 17 heavy (non-hydrogen) atoms. The largest absolute Gasteiger partial charge is 0.378 e. The predicted molar refractivity (Wildman–Crippen MR) is 68.7 cm³/mol. The Labute approximate surface area is 103 Å². The van der Waals surface area contributed by atoms with Gasteiger partial charge in [0, 0.05) is 25.0 Å². The van der Waals surface area contributed by atoms with Crippen LogP contribution in [0.25, 0.3) is 0 Å². The van der Waals surface area contributed by atoms with Crippen LogP contribution in [0.1, 0.15) is 49.3 Å². The summed E-state index contributed by atoms with van der Waals surface area (Å²) in [6.07, 6.45) is 9.88. The maximum Gasteiger partial charge on any atom is 0.0575 e. The Morgan fingerprint density at radius 3 is 3.12 bits per heavy atom. The van der Waals surface area contributed by atoms with Gasteiger partial charge in [-0.05, 0) is 56.2 Å². The summed E-state index contributed by atoms with van der Waals surface area (Å²) in [7, 11) is 0. The summed E-state index contributed by atoms with van der Waals surface area (Å²) in [5, 5.41) is 0. The van der Waals surface area contributed by atoms with Crippen LogP contribution in [0, 0.1) is 6.92 Å². The van der Waals surface area contributed by atoms with E-state index in [0.29, 0.717) is 6.10 Å². The van der Waals surface area contributed by atoms with Gasteiger partial charge in [-0.1, -0.05) is 0 Å². The highest BCUT2D eigenvalue weighted by Gasteiger charge is 2.16. The highest BCUT2D eigenvalue weighted by atomic mass is 16.5. The molecule has 2 rings (SSSR count). The molecule has 1 fully saturated rings. The molecule has 0 aliphatic carbocycles. The molecule has 0 saturated carbocycles. The van der Waals surface area contributed by atoms with Gasteiger partial charge in [0.1, 0.15) is 0 Å². The molecule has 1 saturated heterocycles. The van der Waals surface area contributed by atoms with Crippen molar-refractivity contribution in [1.82, 2.24) is 4.98 Å². The van der Waals surface area contributed by atoms with Gasteiger partial charge in [-0.3, -0.25) is 4.98 Å². The summed E-state index contributed by atoms with van der Waals surface area (Å²) < 4.78 is 5.72. The molecule has 2 N–H and O–H groups in total. The Bertz CT molecular complexity index is 348. The van der Waals surface area contributed by atoms with Crippen LogP contribution < -0.4 is 5.73 Å². The number of pyridine rings is 1. The van der Waals surface area contributed by atoms with E-state index >= 15 is 0 Å². The fraction of sp³-hybridized carbons (Fsp3) is 0.643. The smallest absolute Gasteiger partial charge is 0.0575 e. The molecular formula is C14H22N2O. The van der Waals surface area contributed by atoms with E-state index in [2.05, 4.69) is 11.9 Å². The van der Waals surface area contributed by atoms with Gasteiger partial charge < -0.3 is 10.5 Å². The average Bonchev–Trinajstić information content (AvgIpc) is 2.38. The third kappa shape index (κ3) is 3.51. The molecule has 2 atom stereocenters. The van der Waals surface area contributed by atoms with Crippen LogP contribution in [0.3, 0.4) is 0 Å². The number of nitrogens with two attached hydrogens (primary N) is 1. The SMILES string of the molecule is Cc1ccncc1C(N)CCC1CCCCO1. The second-order valence-corrected chi connectivity index (χ2v) is 4.90. The fourth-order valence-corrected chi connectivity index (χ4v) is 2.42. The van der Waals surface area contributed by atoms with Gasteiger partial charge in [0.15, 0.2) is 0 Å². The lowest BCUT2D eigenvalue weighted by Gasteiger charge is -2.24. The van der Waals surface area contributed by atoms with Crippen LogP contribution in [0.2, 0.25) is 0 Å². The normalized spacial score (nSPS) is 22.4. The van der Waals surface area contributed by atoms with E-state index in [1.807, 2.05) is 18.5 Å². The lowest BCUT2D eigenvalue weighted by molar-refractivity contribution is 0.00911. The predicted octanol–water partition coefficient (Wildman–Crippen LogP) is 2.74. The molecular weight excluding hydrogens is 212 g/mol. The van der Waals surface area contributed by atoms with E-state index in [4.69, 9.17) is 10.5 Å². The molecule has 2 unspecified atom stereocenters. The van der Waals surface area contributed by atoms with E-state index < -0.39 is 0 Å². The van der Waals surface area contributed by atoms with E-state index in [-0.39, 0.29) is 6.04 Å². The van der Waals surface area contributed by atoms with Gasteiger partial charge >= 0.3 is 0 Å². The molecule has 3 nitrogen and oxygen atoms in total. The van der Waals surface area contributed by atoms with Crippen molar-refractivity contribution in [2.45, 2.75) is 51.2 Å². The molecule has 0 radical (unpaired) electrons. The van der Waals surface area contributed by atoms with Crippen LogP contribution >= 0.6 is 0 Å². The molecule has 2 heterocycles. The number of aromatic nitrogens is 1. The van der Waals surface area contributed by atoms with Gasteiger partial charge in [-0.2, -0.15) is 0 Å². The van der Waals surface area contributed by atoms with Crippen molar-refractivity contribution in [3.8, 4) is 0 Å². The Hall–Kier alpha value is -0.930. The molecule has 1 aliphatic rings. The molecule has 94 valence electrons. The number of hydrogen-bond donors (Lipinski definition) is 1. The van der Waals surface area contributed by atoms with E-state index in [0.717, 1.165) is 19.4 Å². The highest BCUT2D eigenvalue weighted by Crippen LogP contribution is 2.23. The number of ether oxygens (including phenoxy) is 1. The van der Waals surface area contributed by atoms with Crippen LogP contribution in [-0.2, 0) is 4.74 Å². The molecule has 3 heteroatoms. The van der Waals surface area contributed by atoms with Crippen LogP contribution in [0.15, 0.2) is 18.5 Å². The van der Waals surface area contributed by atoms with E-state index in [1.165, 1.54) is 30.4 Å². The standard InChI is InChI=1S/C14H22N2O/c1-11-7-8-16-10-13(11)14(15)6-5-12-4-2-3-9-17-12/h7-8,10,12,14H,2-6,9,15H2,1H3. The first-order valence-electron chi connectivity index (χ1n) is 6.55. The number of rotatable bonds is 4. The summed E-state index contributed by atoms with van der Waals surface area (Å²) in [4.78, 5) is 4.15. The first kappa shape index (κ1) is 12.5. The van der Waals surface area contributed by atoms with Crippen LogP contribution in [0.5, 0.6) is 0 Å². The lowest BCUT2D eigenvalue weighted by atomic mass is 9.96. The molecule has 1 aliphatic heterocycles. The van der Waals surface area contributed by atoms with Gasteiger partial charge in [0.05, 0.1) is 6.10 Å². The minimum atomic E-state index is 0.0919. The summed E-state index contributed by atoms with van der Waals surface area (Å²) >= 11 is 0. The molecule has 1 aromatic heterocycles. The Morgan fingerprint density at radius 1 is 1.53 bits per heavy atom. The van der Waals surface area contributed by atoms with E-state index in [9.17, 15) is 0 Å².